The molecule has 1 aromatic rings. The van der Waals surface area contributed by atoms with Gasteiger partial charge in [0, 0.05) is 23.7 Å². The van der Waals surface area contributed by atoms with Crippen LogP contribution in [0.3, 0.4) is 0 Å². The maximum atomic E-state index is 6.09. The first-order chi connectivity index (χ1) is 9.22. The summed E-state index contributed by atoms with van der Waals surface area (Å²) in [5, 5.41) is 4.45. The molecule has 0 aromatic heterocycles. The van der Waals surface area contributed by atoms with Gasteiger partial charge in [-0.1, -0.05) is 24.6 Å². The van der Waals surface area contributed by atoms with E-state index in [-0.39, 0.29) is 0 Å². The van der Waals surface area contributed by atoms with E-state index in [1.165, 1.54) is 5.56 Å². The van der Waals surface area contributed by atoms with Gasteiger partial charge in [-0.3, -0.25) is 0 Å². The lowest BCUT2D eigenvalue weighted by molar-refractivity contribution is 0.0536. The SMILES string of the molecule is CCCNC(c1ccc(Cl)c(Br)c1)C1CCOCC1. The first-order valence-corrected chi connectivity index (χ1v) is 8.15. The summed E-state index contributed by atoms with van der Waals surface area (Å²) >= 11 is 9.61. The van der Waals surface area contributed by atoms with Gasteiger partial charge in [0.2, 0.25) is 0 Å². The van der Waals surface area contributed by atoms with Gasteiger partial charge in [-0.2, -0.15) is 0 Å². The van der Waals surface area contributed by atoms with E-state index < -0.39 is 0 Å². The Morgan fingerprint density at radius 3 is 2.79 bits per heavy atom. The summed E-state index contributed by atoms with van der Waals surface area (Å²) < 4.78 is 6.45. The van der Waals surface area contributed by atoms with Crippen LogP contribution in [-0.4, -0.2) is 19.8 Å². The number of nitrogens with one attached hydrogen (secondary N) is 1. The molecule has 0 saturated carbocycles. The summed E-state index contributed by atoms with van der Waals surface area (Å²) in [7, 11) is 0. The molecule has 1 saturated heterocycles. The lowest BCUT2D eigenvalue weighted by Gasteiger charge is -2.31. The van der Waals surface area contributed by atoms with Gasteiger partial charge in [0.15, 0.2) is 0 Å². The first-order valence-electron chi connectivity index (χ1n) is 6.98. The second kappa shape index (κ2) is 7.63. The monoisotopic (exact) mass is 345 g/mol. The molecule has 1 heterocycles. The third-order valence-electron chi connectivity index (χ3n) is 3.65. The molecule has 0 spiro atoms. The number of hydrogen-bond donors (Lipinski definition) is 1. The van der Waals surface area contributed by atoms with Crippen molar-refractivity contribution in [3.8, 4) is 0 Å². The van der Waals surface area contributed by atoms with Gasteiger partial charge in [-0.25, -0.2) is 0 Å². The minimum absolute atomic E-state index is 0.400. The summed E-state index contributed by atoms with van der Waals surface area (Å²) in [6.45, 7) is 5.00. The van der Waals surface area contributed by atoms with E-state index in [4.69, 9.17) is 16.3 Å². The first kappa shape index (κ1) is 15.3. The van der Waals surface area contributed by atoms with Crippen molar-refractivity contribution in [1.82, 2.24) is 5.32 Å². The second-order valence-corrected chi connectivity index (χ2v) is 6.32. The molecule has 1 unspecified atom stereocenters. The van der Waals surface area contributed by atoms with Crippen LogP contribution in [0.1, 0.15) is 37.8 Å². The van der Waals surface area contributed by atoms with Crippen LogP contribution in [0.4, 0.5) is 0 Å². The second-order valence-electron chi connectivity index (χ2n) is 5.06. The molecule has 1 atom stereocenters. The van der Waals surface area contributed by atoms with Crippen LogP contribution in [0.25, 0.3) is 0 Å². The Kier molecular flexibility index (Phi) is 6.14. The van der Waals surface area contributed by atoms with E-state index in [1.54, 1.807) is 0 Å². The largest absolute Gasteiger partial charge is 0.381 e. The van der Waals surface area contributed by atoms with Crippen molar-refractivity contribution in [3.63, 3.8) is 0 Å². The van der Waals surface area contributed by atoms with Crippen molar-refractivity contribution in [1.29, 1.82) is 0 Å². The molecule has 1 aliphatic heterocycles. The lowest BCUT2D eigenvalue weighted by Crippen LogP contribution is -2.32. The van der Waals surface area contributed by atoms with Crippen LogP contribution in [-0.2, 0) is 4.74 Å². The summed E-state index contributed by atoms with van der Waals surface area (Å²) in [6, 6.07) is 6.65. The van der Waals surface area contributed by atoms with Crippen molar-refractivity contribution in [2.45, 2.75) is 32.2 Å². The Morgan fingerprint density at radius 2 is 2.16 bits per heavy atom. The predicted molar refractivity (Wildman–Crippen MR) is 83.7 cm³/mol. The van der Waals surface area contributed by atoms with Gasteiger partial charge in [-0.05, 0) is 65.4 Å². The minimum Gasteiger partial charge on any atom is -0.381 e. The molecular formula is C15H21BrClNO. The van der Waals surface area contributed by atoms with Gasteiger partial charge >= 0.3 is 0 Å². The number of ether oxygens (including phenoxy) is 1. The van der Waals surface area contributed by atoms with E-state index in [1.807, 2.05) is 6.07 Å². The molecule has 2 rings (SSSR count). The Bertz CT molecular complexity index is 407. The fourth-order valence-corrected chi connectivity index (χ4v) is 3.13. The normalized spacial score (nSPS) is 18.5. The lowest BCUT2D eigenvalue weighted by atomic mass is 9.87. The van der Waals surface area contributed by atoms with Gasteiger partial charge < -0.3 is 10.1 Å². The zero-order chi connectivity index (χ0) is 13.7. The van der Waals surface area contributed by atoms with E-state index in [0.717, 1.165) is 48.5 Å². The zero-order valence-corrected chi connectivity index (χ0v) is 13.6. The highest BCUT2D eigenvalue weighted by Crippen LogP contribution is 2.33. The highest BCUT2D eigenvalue weighted by atomic mass is 79.9. The van der Waals surface area contributed by atoms with Crippen molar-refractivity contribution >= 4 is 27.5 Å². The Morgan fingerprint density at radius 1 is 1.42 bits per heavy atom. The molecule has 1 aromatic carbocycles. The fraction of sp³-hybridized carbons (Fsp3) is 0.600. The molecule has 0 amide bonds. The molecule has 2 nitrogen and oxygen atoms in total. The molecule has 1 fully saturated rings. The van der Waals surface area contributed by atoms with Crippen molar-refractivity contribution in [3.05, 3.63) is 33.3 Å². The van der Waals surface area contributed by atoms with Crippen LogP contribution in [0, 0.1) is 5.92 Å². The summed E-state index contributed by atoms with van der Waals surface area (Å²) in [4.78, 5) is 0. The quantitative estimate of drug-likeness (QED) is 0.843. The van der Waals surface area contributed by atoms with Gasteiger partial charge in [0.25, 0.3) is 0 Å². The molecule has 19 heavy (non-hydrogen) atoms. The smallest absolute Gasteiger partial charge is 0.0548 e. The highest BCUT2D eigenvalue weighted by Gasteiger charge is 2.25. The third kappa shape index (κ3) is 4.19. The number of halogens is 2. The topological polar surface area (TPSA) is 21.3 Å². The van der Waals surface area contributed by atoms with Crippen LogP contribution in [0.2, 0.25) is 5.02 Å². The van der Waals surface area contributed by atoms with Crippen molar-refractivity contribution in [2.24, 2.45) is 5.92 Å². The maximum absolute atomic E-state index is 6.09. The predicted octanol–water partition coefficient (Wildman–Crippen LogP) is 4.57. The Labute approximate surface area is 129 Å². The molecular weight excluding hydrogens is 326 g/mol. The van der Waals surface area contributed by atoms with Crippen LogP contribution in [0.15, 0.2) is 22.7 Å². The van der Waals surface area contributed by atoms with Crippen molar-refractivity contribution < 1.29 is 4.74 Å². The van der Waals surface area contributed by atoms with E-state index >= 15 is 0 Å². The van der Waals surface area contributed by atoms with Gasteiger partial charge in [0.1, 0.15) is 0 Å². The van der Waals surface area contributed by atoms with Crippen molar-refractivity contribution in [2.75, 3.05) is 19.8 Å². The zero-order valence-electron chi connectivity index (χ0n) is 11.3. The van der Waals surface area contributed by atoms with E-state index in [9.17, 15) is 0 Å². The average molecular weight is 347 g/mol. The van der Waals surface area contributed by atoms with E-state index in [2.05, 4.69) is 40.3 Å². The van der Waals surface area contributed by atoms with Crippen LogP contribution >= 0.6 is 27.5 Å². The van der Waals surface area contributed by atoms with Gasteiger partial charge in [0.05, 0.1) is 5.02 Å². The molecule has 0 radical (unpaired) electrons. The number of rotatable bonds is 5. The molecule has 0 aliphatic carbocycles. The minimum atomic E-state index is 0.400. The van der Waals surface area contributed by atoms with Crippen LogP contribution in [0.5, 0.6) is 0 Å². The Balaban J connectivity index is 2.17. The fourth-order valence-electron chi connectivity index (χ4n) is 2.61. The average Bonchev–Trinajstić information content (AvgIpc) is 2.44. The molecule has 4 heteroatoms. The number of hydrogen-bond acceptors (Lipinski definition) is 2. The van der Waals surface area contributed by atoms with E-state index in [0.29, 0.717) is 12.0 Å². The standard InChI is InChI=1S/C15H21BrClNO/c1-2-7-18-15(11-5-8-19-9-6-11)12-3-4-14(17)13(16)10-12/h3-4,10-11,15,18H,2,5-9H2,1H3. The third-order valence-corrected chi connectivity index (χ3v) is 4.87. The summed E-state index contributed by atoms with van der Waals surface area (Å²) in [6.07, 6.45) is 3.40. The maximum Gasteiger partial charge on any atom is 0.0548 e. The summed E-state index contributed by atoms with van der Waals surface area (Å²) in [5.74, 6) is 0.647. The van der Waals surface area contributed by atoms with Crippen LogP contribution < -0.4 is 5.32 Å². The molecule has 1 N–H and O–H groups in total. The molecule has 0 bridgehead atoms. The highest BCUT2D eigenvalue weighted by molar-refractivity contribution is 9.10. The molecule has 1 aliphatic rings. The summed E-state index contributed by atoms with van der Waals surface area (Å²) in [5.41, 5.74) is 1.32. The molecule has 106 valence electrons. The number of benzene rings is 1. The van der Waals surface area contributed by atoms with Gasteiger partial charge in [-0.15, -0.1) is 0 Å². The Hall–Kier alpha value is -0.0900.